The molecule has 0 saturated heterocycles. The average molecular weight is 271 g/mol. The zero-order valence-corrected chi connectivity index (χ0v) is 10.3. The SMILES string of the molecule is CN(CCN)C(=O)Cc1ccc(Br)cc1. The molecule has 0 atom stereocenters. The summed E-state index contributed by atoms with van der Waals surface area (Å²) in [5, 5.41) is 0. The van der Waals surface area contributed by atoms with Crippen LogP contribution in [0.15, 0.2) is 28.7 Å². The molecule has 0 saturated carbocycles. The molecule has 0 radical (unpaired) electrons. The van der Waals surface area contributed by atoms with Crippen molar-refractivity contribution in [2.75, 3.05) is 20.1 Å². The first-order valence-corrected chi connectivity index (χ1v) is 5.61. The second-order valence-electron chi connectivity index (χ2n) is 3.41. The lowest BCUT2D eigenvalue weighted by atomic mass is 10.1. The first-order valence-electron chi connectivity index (χ1n) is 4.82. The minimum absolute atomic E-state index is 0.0998. The summed E-state index contributed by atoms with van der Waals surface area (Å²) in [7, 11) is 1.77. The maximum Gasteiger partial charge on any atom is 0.226 e. The molecule has 1 amide bonds. The fraction of sp³-hybridized carbons (Fsp3) is 0.364. The average Bonchev–Trinajstić information content (AvgIpc) is 2.22. The number of amides is 1. The Bertz CT molecular complexity index is 324. The van der Waals surface area contributed by atoms with Crippen molar-refractivity contribution in [2.24, 2.45) is 5.73 Å². The van der Waals surface area contributed by atoms with Crippen LogP contribution in [0.5, 0.6) is 0 Å². The van der Waals surface area contributed by atoms with Crippen LogP contribution in [-0.4, -0.2) is 30.9 Å². The second-order valence-corrected chi connectivity index (χ2v) is 4.32. The van der Waals surface area contributed by atoms with E-state index in [4.69, 9.17) is 5.73 Å². The van der Waals surface area contributed by atoms with Gasteiger partial charge in [-0.2, -0.15) is 0 Å². The first kappa shape index (κ1) is 12.2. The third-order valence-electron chi connectivity index (χ3n) is 2.16. The van der Waals surface area contributed by atoms with Crippen molar-refractivity contribution in [3.8, 4) is 0 Å². The van der Waals surface area contributed by atoms with E-state index in [0.717, 1.165) is 10.0 Å². The summed E-state index contributed by atoms with van der Waals surface area (Å²) in [5.41, 5.74) is 6.40. The van der Waals surface area contributed by atoms with Crippen LogP contribution in [-0.2, 0) is 11.2 Å². The van der Waals surface area contributed by atoms with Gasteiger partial charge >= 0.3 is 0 Å². The fourth-order valence-electron chi connectivity index (χ4n) is 1.23. The number of nitrogens with two attached hydrogens (primary N) is 1. The van der Waals surface area contributed by atoms with E-state index in [2.05, 4.69) is 15.9 Å². The lowest BCUT2D eigenvalue weighted by Gasteiger charge is -2.15. The number of hydrogen-bond acceptors (Lipinski definition) is 2. The van der Waals surface area contributed by atoms with E-state index in [1.165, 1.54) is 0 Å². The van der Waals surface area contributed by atoms with Crippen molar-refractivity contribution in [3.63, 3.8) is 0 Å². The standard InChI is InChI=1S/C11H15BrN2O/c1-14(7-6-13)11(15)8-9-2-4-10(12)5-3-9/h2-5H,6-8,13H2,1H3. The van der Waals surface area contributed by atoms with E-state index in [9.17, 15) is 4.79 Å². The molecule has 2 N–H and O–H groups in total. The van der Waals surface area contributed by atoms with Gasteiger partial charge in [-0.3, -0.25) is 4.79 Å². The summed E-state index contributed by atoms with van der Waals surface area (Å²) in [5.74, 6) is 0.0998. The van der Waals surface area contributed by atoms with Crippen LogP contribution in [0.25, 0.3) is 0 Å². The van der Waals surface area contributed by atoms with Crippen LogP contribution in [0.2, 0.25) is 0 Å². The molecule has 15 heavy (non-hydrogen) atoms. The molecule has 0 aliphatic carbocycles. The Hall–Kier alpha value is -0.870. The van der Waals surface area contributed by atoms with E-state index in [0.29, 0.717) is 19.5 Å². The predicted molar refractivity (Wildman–Crippen MR) is 64.5 cm³/mol. The summed E-state index contributed by atoms with van der Waals surface area (Å²) < 4.78 is 1.02. The van der Waals surface area contributed by atoms with Crippen molar-refractivity contribution < 1.29 is 4.79 Å². The topological polar surface area (TPSA) is 46.3 Å². The highest BCUT2D eigenvalue weighted by Crippen LogP contribution is 2.11. The van der Waals surface area contributed by atoms with Crippen molar-refractivity contribution in [1.29, 1.82) is 0 Å². The van der Waals surface area contributed by atoms with Crippen molar-refractivity contribution >= 4 is 21.8 Å². The van der Waals surface area contributed by atoms with Gasteiger partial charge in [-0.15, -0.1) is 0 Å². The molecular weight excluding hydrogens is 256 g/mol. The molecule has 0 aliphatic heterocycles. The zero-order chi connectivity index (χ0) is 11.3. The van der Waals surface area contributed by atoms with Gasteiger partial charge in [0.2, 0.25) is 5.91 Å². The molecule has 0 bridgehead atoms. The third-order valence-corrected chi connectivity index (χ3v) is 2.69. The maximum absolute atomic E-state index is 11.6. The predicted octanol–water partition coefficient (Wildman–Crippen LogP) is 1.41. The number of hydrogen-bond donors (Lipinski definition) is 1. The molecule has 0 unspecified atom stereocenters. The number of nitrogens with zero attached hydrogens (tertiary/aromatic N) is 1. The van der Waals surface area contributed by atoms with Crippen LogP contribution in [0.3, 0.4) is 0 Å². The summed E-state index contributed by atoms with van der Waals surface area (Å²) in [6.45, 7) is 1.11. The summed E-state index contributed by atoms with van der Waals surface area (Å²) in [4.78, 5) is 13.3. The van der Waals surface area contributed by atoms with Gasteiger partial charge in [-0.1, -0.05) is 28.1 Å². The molecule has 0 aromatic heterocycles. The molecule has 0 aliphatic rings. The molecule has 0 heterocycles. The Labute approximate surface area is 98.4 Å². The van der Waals surface area contributed by atoms with Gasteiger partial charge in [0.1, 0.15) is 0 Å². The quantitative estimate of drug-likeness (QED) is 0.900. The van der Waals surface area contributed by atoms with Gasteiger partial charge in [0.25, 0.3) is 0 Å². The third kappa shape index (κ3) is 4.01. The Morgan fingerprint density at radius 2 is 2.00 bits per heavy atom. The minimum Gasteiger partial charge on any atom is -0.344 e. The van der Waals surface area contributed by atoms with Crippen LogP contribution in [0.1, 0.15) is 5.56 Å². The van der Waals surface area contributed by atoms with Crippen LogP contribution < -0.4 is 5.73 Å². The maximum atomic E-state index is 11.6. The molecule has 0 fully saturated rings. The van der Waals surface area contributed by atoms with Crippen LogP contribution >= 0.6 is 15.9 Å². The highest BCUT2D eigenvalue weighted by Gasteiger charge is 2.08. The van der Waals surface area contributed by atoms with E-state index in [-0.39, 0.29) is 5.91 Å². The molecule has 82 valence electrons. The summed E-state index contributed by atoms with van der Waals surface area (Å²) >= 11 is 3.35. The van der Waals surface area contributed by atoms with Gasteiger partial charge in [0.15, 0.2) is 0 Å². The van der Waals surface area contributed by atoms with Gasteiger partial charge < -0.3 is 10.6 Å². The summed E-state index contributed by atoms with van der Waals surface area (Å²) in [6.07, 6.45) is 0.434. The van der Waals surface area contributed by atoms with E-state index >= 15 is 0 Å². The highest BCUT2D eigenvalue weighted by molar-refractivity contribution is 9.10. The van der Waals surface area contributed by atoms with Crippen molar-refractivity contribution in [1.82, 2.24) is 4.90 Å². The minimum atomic E-state index is 0.0998. The van der Waals surface area contributed by atoms with Crippen LogP contribution in [0.4, 0.5) is 0 Å². The number of carbonyl (C=O) groups is 1. The number of halogens is 1. The number of rotatable bonds is 4. The van der Waals surface area contributed by atoms with Gasteiger partial charge in [-0.05, 0) is 17.7 Å². The van der Waals surface area contributed by atoms with Crippen molar-refractivity contribution in [3.05, 3.63) is 34.3 Å². The van der Waals surface area contributed by atoms with Gasteiger partial charge in [0.05, 0.1) is 6.42 Å². The molecule has 1 rings (SSSR count). The van der Waals surface area contributed by atoms with E-state index in [1.54, 1.807) is 11.9 Å². The monoisotopic (exact) mass is 270 g/mol. The lowest BCUT2D eigenvalue weighted by Crippen LogP contribution is -2.32. The van der Waals surface area contributed by atoms with E-state index < -0.39 is 0 Å². The van der Waals surface area contributed by atoms with Gasteiger partial charge in [-0.25, -0.2) is 0 Å². The fourth-order valence-corrected chi connectivity index (χ4v) is 1.49. The lowest BCUT2D eigenvalue weighted by molar-refractivity contribution is -0.129. The highest BCUT2D eigenvalue weighted by atomic mass is 79.9. The first-order chi connectivity index (χ1) is 7.13. The smallest absolute Gasteiger partial charge is 0.226 e. The Kier molecular flexibility index (Phi) is 4.78. The number of likely N-dealkylation sites (N-methyl/N-ethyl adjacent to an activating group) is 1. The van der Waals surface area contributed by atoms with Crippen LogP contribution in [0, 0.1) is 0 Å². The molecule has 1 aromatic carbocycles. The molecule has 1 aromatic rings. The van der Waals surface area contributed by atoms with Crippen molar-refractivity contribution in [2.45, 2.75) is 6.42 Å². The van der Waals surface area contributed by atoms with Gasteiger partial charge in [0, 0.05) is 24.6 Å². The molecule has 0 spiro atoms. The molecule has 3 nitrogen and oxygen atoms in total. The summed E-state index contributed by atoms with van der Waals surface area (Å²) in [6, 6.07) is 7.76. The Morgan fingerprint density at radius 1 is 1.40 bits per heavy atom. The zero-order valence-electron chi connectivity index (χ0n) is 8.74. The Morgan fingerprint density at radius 3 is 2.53 bits per heavy atom. The van der Waals surface area contributed by atoms with E-state index in [1.807, 2.05) is 24.3 Å². The Balaban J connectivity index is 2.54. The molecule has 4 heteroatoms. The normalized spacial score (nSPS) is 10.1. The second kappa shape index (κ2) is 5.88. The molecular formula is C11H15BrN2O. The number of carbonyl (C=O) groups excluding carboxylic acids is 1. The largest absolute Gasteiger partial charge is 0.344 e. The number of benzene rings is 1.